The van der Waals surface area contributed by atoms with Crippen LogP contribution in [0.4, 0.5) is 5.69 Å². The summed E-state index contributed by atoms with van der Waals surface area (Å²) >= 11 is 0. The molecular formula is C15H23N3O. The second-order valence-corrected chi connectivity index (χ2v) is 5.41. The quantitative estimate of drug-likeness (QED) is 0.906. The van der Waals surface area contributed by atoms with Crippen LogP contribution in [-0.4, -0.2) is 34.9 Å². The number of carbonyl (C=O) groups excluding carboxylic acids is 1. The van der Waals surface area contributed by atoms with Crippen LogP contribution in [0.25, 0.3) is 0 Å². The molecule has 0 spiro atoms. The average Bonchev–Trinajstić information content (AvgIpc) is 2.88. The summed E-state index contributed by atoms with van der Waals surface area (Å²) in [7, 11) is 0. The molecule has 0 aliphatic carbocycles. The van der Waals surface area contributed by atoms with Crippen molar-refractivity contribution in [2.45, 2.75) is 39.7 Å². The maximum Gasteiger partial charge on any atom is 0.272 e. The van der Waals surface area contributed by atoms with Crippen LogP contribution in [-0.2, 0) is 0 Å². The predicted molar refractivity (Wildman–Crippen MR) is 77.3 cm³/mol. The standard InChI is InChI=1S/C15H23N3O/c1-4-16-12-7-8-13(17-10-12)15(19)18-9-5-6-14(18)11(2)3/h7-8,10-11,14,16H,4-6,9H2,1-3H3. The molecule has 1 saturated heterocycles. The number of nitrogens with one attached hydrogen (secondary N) is 1. The zero-order chi connectivity index (χ0) is 13.8. The lowest BCUT2D eigenvalue weighted by Crippen LogP contribution is -2.38. The number of carbonyl (C=O) groups is 1. The van der Waals surface area contributed by atoms with Gasteiger partial charge in [-0.2, -0.15) is 0 Å². The molecule has 0 aromatic carbocycles. The van der Waals surface area contributed by atoms with E-state index in [0.29, 0.717) is 17.7 Å². The van der Waals surface area contributed by atoms with Crippen molar-refractivity contribution in [2.75, 3.05) is 18.4 Å². The molecule has 0 saturated carbocycles. The van der Waals surface area contributed by atoms with Gasteiger partial charge in [0.25, 0.3) is 5.91 Å². The summed E-state index contributed by atoms with van der Waals surface area (Å²) in [4.78, 5) is 18.7. The first-order chi connectivity index (χ1) is 9.13. The highest BCUT2D eigenvalue weighted by Gasteiger charge is 2.31. The second kappa shape index (κ2) is 6.04. The topological polar surface area (TPSA) is 45.2 Å². The van der Waals surface area contributed by atoms with Crippen molar-refractivity contribution < 1.29 is 4.79 Å². The number of aromatic nitrogens is 1. The highest BCUT2D eigenvalue weighted by Crippen LogP contribution is 2.25. The molecule has 1 N–H and O–H groups in total. The number of hydrogen-bond donors (Lipinski definition) is 1. The van der Waals surface area contributed by atoms with Gasteiger partial charge in [-0.05, 0) is 37.8 Å². The number of amides is 1. The molecule has 1 aliphatic rings. The van der Waals surface area contributed by atoms with E-state index in [9.17, 15) is 4.79 Å². The van der Waals surface area contributed by atoms with Crippen LogP contribution in [0.15, 0.2) is 18.3 Å². The summed E-state index contributed by atoms with van der Waals surface area (Å²) in [5.41, 5.74) is 1.51. The minimum atomic E-state index is 0.0687. The molecule has 2 rings (SSSR count). The van der Waals surface area contributed by atoms with E-state index in [2.05, 4.69) is 24.1 Å². The molecule has 1 amide bonds. The molecule has 0 bridgehead atoms. The molecule has 4 nitrogen and oxygen atoms in total. The maximum absolute atomic E-state index is 12.5. The SMILES string of the molecule is CCNc1ccc(C(=O)N2CCCC2C(C)C)nc1. The minimum absolute atomic E-state index is 0.0687. The summed E-state index contributed by atoms with van der Waals surface area (Å²) in [6, 6.07) is 4.10. The molecule has 19 heavy (non-hydrogen) atoms. The molecule has 1 atom stereocenters. The Morgan fingerprint density at radius 1 is 1.53 bits per heavy atom. The van der Waals surface area contributed by atoms with E-state index in [4.69, 9.17) is 0 Å². The Morgan fingerprint density at radius 2 is 2.32 bits per heavy atom. The van der Waals surface area contributed by atoms with Gasteiger partial charge in [-0.3, -0.25) is 4.79 Å². The van der Waals surface area contributed by atoms with Gasteiger partial charge in [-0.1, -0.05) is 13.8 Å². The van der Waals surface area contributed by atoms with Crippen LogP contribution in [0, 0.1) is 5.92 Å². The average molecular weight is 261 g/mol. The molecule has 1 aromatic rings. The highest BCUT2D eigenvalue weighted by molar-refractivity contribution is 5.92. The molecule has 1 unspecified atom stereocenters. The molecule has 1 aliphatic heterocycles. The third-order valence-corrected chi connectivity index (χ3v) is 3.69. The van der Waals surface area contributed by atoms with Crippen LogP contribution in [0.2, 0.25) is 0 Å². The Morgan fingerprint density at radius 3 is 2.89 bits per heavy atom. The van der Waals surface area contributed by atoms with Gasteiger partial charge in [-0.15, -0.1) is 0 Å². The summed E-state index contributed by atoms with van der Waals surface area (Å²) in [6.45, 7) is 8.11. The van der Waals surface area contributed by atoms with Crippen LogP contribution >= 0.6 is 0 Å². The molecule has 1 fully saturated rings. The summed E-state index contributed by atoms with van der Waals surface area (Å²) in [6.07, 6.45) is 3.94. The van der Waals surface area contributed by atoms with E-state index in [1.165, 1.54) is 0 Å². The lowest BCUT2D eigenvalue weighted by atomic mass is 10.0. The largest absolute Gasteiger partial charge is 0.384 e. The fourth-order valence-corrected chi connectivity index (χ4v) is 2.71. The Kier molecular flexibility index (Phi) is 4.40. The van der Waals surface area contributed by atoms with Gasteiger partial charge in [0.15, 0.2) is 0 Å². The first-order valence-electron chi connectivity index (χ1n) is 7.14. The van der Waals surface area contributed by atoms with Crippen molar-refractivity contribution in [3.05, 3.63) is 24.0 Å². The monoisotopic (exact) mass is 261 g/mol. The zero-order valence-electron chi connectivity index (χ0n) is 12.0. The molecular weight excluding hydrogens is 238 g/mol. The minimum Gasteiger partial charge on any atom is -0.384 e. The number of anilines is 1. The lowest BCUT2D eigenvalue weighted by Gasteiger charge is -2.27. The Hall–Kier alpha value is -1.58. The first-order valence-corrected chi connectivity index (χ1v) is 7.14. The fourth-order valence-electron chi connectivity index (χ4n) is 2.71. The number of nitrogens with zero attached hydrogens (tertiary/aromatic N) is 2. The van der Waals surface area contributed by atoms with E-state index in [1.54, 1.807) is 6.20 Å². The molecule has 2 heterocycles. The van der Waals surface area contributed by atoms with Crippen molar-refractivity contribution in [2.24, 2.45) is 5.92 Å². The lowest BCUT2D eigenvalue weighted by molar-refractivity contribution is 0.0695. The van der Waals surface area contributed by atoms with Gasteiger partial charge in [0.1, 0.15) is 5.69 Å². The summed E-state index contributed by atoms with van der Waals surface area (Å²) < 4.78 is 0. The maximum atomic E-state index is 12.5. The third-order valence-electron chi connectivity index (χ3n) is 3.69. The van der Waals surface area contributed by atoms with Gasteiger partial charge in [-0.25, -0.2) is 4.98 Å². The Bertz CT molecular complexity index is 428. The van der Waals surface area contributed by atoms with E-state index in [1.807, 2.05) is 24.0 Å². The zero-order valence-corrected chi connectivity index (χ0v) is 12.0. The van der Waals surface area contributed by atoms with Crippen molar-refractivity contribution in [3.63, 3.8) is 0 Å². The summed E-state index contributed by atoms with van der Waals surface area (Å²) in [5.74, 6) is 0.576. The van der Waals surface area contributed by atoms with Crippen LogP contribution in [0.3, 0.4) is 0 Å². The van der Waals surface area contributed by atoms with Gasteiger partial charge >= 0.3 is 0 Å². The molecule has 4 heteroatoms. The van der Waals surface area contributed by atoms with E-state index in [-0.39, 0.29) is 5.91 Å². The molecule has 0 radical (unpaired) electrons. The third kappa shape index (κ3) is 3.06. The number of likely N-dealkylation sites (tertiary alicyclic amines) is 1. The van der Waals surface area contributed by atoms with Crippen molar-refractivity contribution in [3.8, 4) is 0 Å². The van der Waals surface area contributed by atoms with E-state index < -0.39 is 0 Å². The number of hydrogen-bond acceptors (Lipinski definition) is 3. The van der Waals surface area contributed by atoms with E-state index >= 15 is 0 Å². The van der Waals surface area contributed by atoms with Crippen molar-refractivity contribution in [1.29, 1.82) is 0 Å². The van der Waals surface area contributed by atoms with Crippen LogP contribution < -0.4 is 5.32 Å². The fraction of sp³-hybridized carbons (Fsp3) is 0.600. The number of pyridine rings is 1. The van der Waals surface area contributed by atoms with Gasteiger partial charge in [0, 0.05) is 19.1 Å². The van der Waals surface area contributed by atoms with Gasteiger partial charge in [0.2, 0.25) is 0 Å². The smallest absolute Gasteiger partial charge is 0.272 e. The summed E-state index contributed by atoms with van der Waals surface area (Å²) in [5, 5.41) is 3.18. The molecule has 104 valence electrons. The Balaban J connectivity index is 2.10. The van der Waals surface area contributed by atoms with Crippen LogP contribution in [0.1, 0.15) is 44.1 Å². The van der Waals surface area contributed by atoms with Crippen molar-refractivity contribution in [1.82, 2.24) is 9.88 Å². The first kappa shape index (κ1) is 13.8. The number of rotatable bonds is 4. The highest BCUT2D eigenvalue weighted by atomic mass is 16.2. The Labute approximate surface area is 115 Å². The predicted octanol–water partition coefficient (Wildman–Crippen LogP) is 2.77. The van der Waals surface area contributed by atoms with Crippen LogP contribution in [0.5, 0.6) is 0 Å². The van der Waals surface area contributed by atoms with Crippen molar-refractivity contribution >= 4 is 11.6 Å². The molecule has 1 aromatic heterocycles. The van der Waals surface area contributed by atoms with Gasteiger partial charge in [0.05, 0.1) is 11.9 Å². The van der Waals surface area contributed by atoms with E-state index in [0.717, 1.165) is 31.6 Å². The normalized spacial score (nSPS) is 18.9. The van der Waals surface area contributed by atoms with Gasteiger partial charge < -0.3 is 10.2 Å². The second-order valence-electron chi connectivity index (χ2n) is 5.41.